The monoisotopic (exact) mass is 294 g/mol. The topological polar surface area (TPSA) is 61.8 Å². The van der Waals surface area contributed by atoms with Gasteiger partial charge < -0.3 is 14.2 Å². The predicted molar refractivity (Wildman–Crippen MR) is 78.7 cm³/mol. The number of ether oxygens (including phenoxy) is 3. The second kappa shape index (κ2) is 9.00. The van der Waals surface area contributed by atoms with Crippen molar-refractivity contribution in [3.8, 4) is 17.2 Å². The molecule has 0 spiro atoms. The molecule has 0 unspecified atom stereocenters. The summed E-state index contributed by atoms with van der Waals surface area (Å²) in [6.45, 7) is 5.96. The minimum Gasteiger partial charge on any atom is -0.490 e. The Bertz CT molecular complexity index is 482. The fraction of sp³-hybridized carbons (Fsp3) is 0.500. The van der Waals surface area contributed by atoms with E-state index in [4.69, 9.17) is 14.2 Å². The van der Waals surface area contributed by atoms with Gasteiger partial charge >= 0.3 is 11.9 Å². The lowest BCUT2D eigenvalue weighted by Gasteiger charge is -2.14. The largest absolute Gasteiger partial charge is 0.490 e. The molecular weight excluding hydrogens is 272 g/mol. The average molecular weight is 294 g/mol. The number of esters is 2. The van der Waals surface area contributed by atoms with Crippen LogP contribution in [0, 0.1) is 0 Å². The van der Waals surface area contributed by atoms with Crippen molar-refractivity contribution in [3.05, 3.63) is 18.2 Å². The highest BCUT2D eigenvalue weighted by Gasteiger charge is 2.17. The third-order valence-electron chi connectivity index (χ3n) is 2.72. The second-order valence-electron chi connectivity index (χ2n) is 4.44. The third-order valence-corrected chi connectivity index (χ3v) is 2.72. The van der Waals surface area contributed by atoms with Gasteiger partial charge in [-0.3, -0.25) is 9.59 Å². The van der Waals surface area contributed by atoms with Crippen molar-refractivity contribution >= 4 is 11.9 Å². The van der Waals surface area contributed by atoms with Gasteiger partial charge in [-0.1, -0.05) is 33.3 Å². The number of para-hydroxylation sites is 1. The second-order valence-corrected chi connectivity index (χ2v) is 4.44. The van der Waals surface area contributed by atoms with Crippen LogP contribution in [0.25, 0.3) is 0 Å². The maximum Gasteiger partial charge on any atom is 0.311 e. The molecule has 0 fully saturated rings. The highest BCUT2D eigenvalue weighted by molar-refractivity contribution is 5.77. The number of hydrogen-bond acceptors (Lipinski definition) is 5. The van der Waals surface area contributed by atoms with E-state index in [0.29, 0.717) is 12.4 Å². The van der Waals surface area contributed by atoms with Crippen molar-refractivity contribution in [2.24, 2.45) is 0 Å². The van der Waals surface area contributed by atoms with Gasteiger partial charge in [-0.25, -0.2) is 0 Å². The van der Waals surface area contributed by atoms with Crippen LogP contribution in [0.5, 0.6) is 17.2 Å². The summed E-state index contributed by atoms with van der Waals surface area (Å²) in [4.78, 5) is 23.0. The number of rotatable bonds is 8. The van der Waals surface area contributed by atoms with Gasteiger partial charge in [0, 0.05) is 12.8 Å². The summed E-state index contributed by atoms with van der Waals surface area (Å²) in [6.07, 6.45) is 2.35. The Kier molecular flexibility index (Phi) is 7.29. The van der Waals surface area contributed by atoms with Crippen LogP contribution in [0.1, 0.15) is 46.5 Å². The zero-order chi connectivity index (χ0) is 15.7. The van der Waals surface area contributed by atoms with Crippen LogP contribution in [0.3, 0.4) is 0 Å². The molecule has 116 valence electrons. The molecule has 0 saturated carbocycles. The highest BCUT2D eigenvalue weighted by Crippen LogP contribution is 2.37. The average Bonchev–Trinajstić information content (AvgIpc) is 2.49. The Labute approximate surface area is 125 Å². The predicted octanol–water partition coefficient (Wildman–Crippen LogP) is 3.50. The molecule has 0 N–H and O–H groups in total. The van der Waals surface area contributed by atoms with Crippen molar-refractivity contribution in [3.63, 3.8) is 0 Å². The molecule has 0 aliphatic heterocycles. The van der Waals surface area contributed by atoms with E-state index in [9.17, 15) is 9.59 Å². The maximum atomic E-state index is 11.6. The van der Waals surface area contributed by atoms with Crippen LogP contribution in [-0.4, -0.2) is 18.5 Å². The fourth-order valence-electron chi connectivity index (χ4n) is 1.50. The first-order valence-electron chi connectivity index (χ1n) is 7.29. The molecule has 0 aliphatic rings. The van der Waals surface area contributed by atoms with E-state index in [1.54, 1.807) is 32.0 Å². The van der Waals surface area contributed by atoms with Crippen LogP contribution in [0.4, 0.5) is 0 Å². The lowest BCUT2D eigenvalue weighted by molar-refractivity contribution is -0.136. The molecule has 0 amide bonds. The summed E-state index contributed by atoms with van der Waals surface area (Å²) in [7, 11) is 0. The molecule has 1 rings (SSSR count). The lowest BCUT2D eigenvalue weighted by Crippen LogP contribution is -2.12. The summed E-state index contributed by atoms with van der Waals surface area (Å²) in [5, 5.41) is 0. The van der Waals surface area contributed by atoms with Gasteiger partial charge in [0.25, 0.3) is 0 Å². The number of hydrogen-bond donors (Lipinski definition) is 0. The number of benzene rings is 1. The van der Waals surface area contributed by atoms with Crippen LogP contribution in [-0.2, 0) is 9.59 Å². The third kappa shape index (κ3) is 5.45. The molecule has 0 bridgehead atoms. The summed E-state index contributed by atoms with van der Waals surface area (Å²) in [5.41, 5.74) is 0. The normalized spacial score (nSPS) is 10.0. The first kappa shape index (κ1) is 17.0. The molecule has 0 heterocycles. The molecule has 21 heavy (non-hydrogen) atoms. The van der Waals surface area contributed by atoms with Crippen molar-refractivity contribution in [2.45, 2.75) is 46.5 Å². The molecule has 1 aromatic carbocycles. The molecule has 0 saturated heterocycles. The number of unbranched alkanes of at least 4 members (excludes halogenated alkanes) is 1. The van der Waals surface area contributed by atoms with Crippen molar-refractivity contribution in [1.29, 1.82) is 0 Å². The van der Waals surface area contributed by atoms with Crippen LogP contribution >= 0.6 is 0 Å². The minimum absolute atomic E-state index is 0.169. The van der Waals surface area contributed by atoms with E-state index >= 15 is 0 Å². The summed E-state index contributed by atoms with van der Waals surface area (Å²) >= 11 is 0. The quantitative estimate of drug-likeness (QED) is 0.417. The highest BCUT2D eigenvalue weighted by atomic mass is 16.6. The first-order valence-corrected chi connectivity index (χ1v) is 7.29. The van der Waals surface area contributed by atoms with Gasteiger partial charge in [0.05, 0.1) is 6.61 Å². The van der Waals surface area contributed by atoms with E-state index in [1.165, 1.54) is 0 Å². The Morgan fingerprint density at radius 3 is 2.19 bits per heavy atom. The molecule has 0 aromatic heterocycles. The van der Waals surface area contributed by atoms with Crippen molar-refractivity contribution < 1.29 is 23.8 Å². The Balaban J connectivity index is 3.01. The van der Waals surface area contributed by atoms with Gasteiger partial charge in [0.15, 0.2) is 11.5 Å². The van der Waals surface area contributed by atoms with Gasteiger partial charge in [0.1, 0.15) is 0 Å². The standard InChI is InChI=1S/C16H22O5/c1-4-7-11-19-12-9-8-10-13(20-14(17)5-2)16(12)21-15(18)6-3/h8-10H,4-7,11H2,1-3H3. The van der Waals surface area contributed by atoms with Crippen LogP contribution < -0.4 is 14.2 Å². The summed E-state index contributed by atoms with van der Waals surface area (Å²) in [6, 6.07) is 4.97. The molecular formula is C16H22O5. The Morgan fingerprint density at radius 1 is 0.952 bits per heavy atom. The summed E-state index contributed by atoms with van der Waals surface area (Å²) in [5.74, 6) is -0.0172. The molecule has 1 aromatic rings. The van der Waals surface area contributed by atoms with Gasteiger partial charge in [-0.05, 0) is 18.6 Å². The zero-order valence-corrected chi connectivity index (χ0v) is 12.8. The molecule has 0 atom stereocenters. The smallest absolute Gasteiger partial charge is 0.311 e. The van der Waals surface area contributed by atoms with Gasteiger partial charge in [-0.15, -0.1) is 0 Å². The maximum absolute atomic E-state index is 11.6. The van der Waals surface area contributed by atoms with E-state index in [0.717, 1.165) is 12.8 Å². The number of carbonyl (C=O) groups is 2. The molecule has 0 aliphatic carbocycles. The van der Waals surface area contributed by atoms with Gasteiger partial charge in [-0.2, -0.15) is 0 Å². The lowest BCUT2D eigenvalue weighted by atomic mass is 10.3. The Hall–Kier alpha value is -2.04. The van der Waals surface area contributed by atoms with E-state index in [1.807, 2.05) is 0 Å². The number of carbonyl (C=O) groups excluding carboxylic acids is 2. The van der Waals surface area contributed by atoms with Crippen LogP contribution in [0.15, 0.2) is 18.2 Å². The molecule has 5 heteroatoms. The van der Waals surface area contributed by atoms with Crippen molar-refractivity contribution in [2.75, 3.05) is 6.61 Å². The minimum atomic E-state index is -0.407. The van der Waals surface area contributed by atoms with Crippen molar-refractivity contribution in [1.82, 2.24) is 0 Å². The molecule has 5 nitrogen and oxygen atoms in total. The Morgan fingerprint density at radius 2 is 1.57 bits per heavy atom. The van der Waals surface area contributed by atoms with Gasteiger partial charge in [0.2, 0.25) is 5.75 Å². The SMILES string of the molecule is CCCCOc1cccc(OC(=O)CC)c1OC(=O)CC. The zero-order valence-electron chi connectivity index (χ0n) is 12.8. The summed E-state index contributed by atoms with van der Waals surface area (Å²) < 4.78 is 16.1. The van der Waals surface area contributed by atoms with E-state index < -0.39 is 11.9 Å². The van der Waals surface area contributed by atoms with Crippen LogP contribution in [0.2, 0.25) is 0 Å². The van der Waals surface area contributed by atoms with E-state index in [2.05, 4.69) is 6.92 Å². The van der Waals surface area contributed by atoms with E-state index in [-0.39, 0.29) is 24.3 Å². The molecule has 0 radical (unpaired) electrons. The first-order chi connectivity index (χ1) is 10.1. The fourth-order valence-corrected chi connectivity index (χ4v) is 1.50.